The summed E-state index contributed by atoms with van der Waals surface area (Å²) in [6.07, 6.45) is 0.264. The molecule has 0 bridgehead atoms. The van der Waals surface area contributed by atoms with Crippen LogP contribution in [0.5, 0.6) is 5.75 Å². The average Bonchev–Trinajstić information content (AvgIpc) is 2.41. The van der Waals surface area contributed by atoms with E-state index in [0.29, 0.717) is 11.0 Å². The number of nitrogens with zero attached hydrogens (tertiary/aromatic N) is 1. The summed E-state index contributed by atoms with van der Waals surface area (Å²) in [6.45, 7) is 4.55. The minimum Gasteiger partial charge on any atom is -0.490 e. The molecule has 0 spiro atoms. The molecule has 1 heterocycles. The fourth-order valence-corrected chi connectivity index (χ4v) is 2.53. The van der Waals surface area contributed by atoms with Crippen LogP contribution in [-0.4, -0.2) is 43.1 Å². The van der Waals surface area contributed by atoms with E-state index in [-0.39, 0.29) is 43.1 Å². The minimum absolute atomic E-state index is 0. The van der Waals surface area contributed by atoms with Gasteiger partial charge in [0.05, 0.1) is 13.0 Å². The third-order valence-electron chi connectivity index (χ3n) is 3.29. The average molecular weight is 382 g/mol. The Bertz CT molecular complexity index is 490. The van der Waals surface area contributed by atoms with Crippen LogP contribution in [0.15, 0.2) is 22.7 Å². The van der Waals surface area contributed by atoms with Crippen molar-refractivity contribution in [2.24, 2.45) is 0 Å². The predicted molar refractivity (Wildman–Crippen MR) is 85.5 cm³/mol. The monoisotopic (exact) mass is 380 g/mol. The van der Waals surface area contributed by atoms with Crippen molar-refractivity contribution in [2.45, 2.75) is 19.4 Å². The van der Waals surface area contributed by atoms with Gasteiger partial charge in [-0.25, -0.2) is 4.39 Å². The molecule has 0 saturated carbocycles. The highest BCUT2D eigenvalue weighted by molar-refractivity contribution is 9.10. The zero-order chi connectivity index (χ0) is 14.5. The number of benzene rings is 1. The van der Waals surface area contributed by atoms with E-state index in [4.69, 9.17) is 4.74 Å². The van der Waals surface area contributed by atoms with E-state index in [9.17, 15) is 9.18 Å². The number of hydrogen-bond donors (Lipinski definition) is 1. The molecule has 1 N–H and O–H groups in total. The summed E-state index contributed by atoms with van der Waals surface area (Å²) in [5.74, 6) is -0.201. The minimum atomic E-state index is -0.428. The summed E-state index contributed by atoms with van der Waals surface area (Å²) in [4.78, 5) is 13.9. The zero-order valence-electron chi connectivity index (χ0n) is 11.8. The molecule has 1 atom stereocenters. The van der Waals surface area contributed by atoms with Gasteiger partial charge in [0.2, 0.25) is 5.91 Å². The Morgan fingerprint density at radius 3 is 3.00 bits per heavy atom. The largest absolute Gasteiger partial charge is 0.490 e. The Morgan fingerprint density at radius 2 is 2.33 bits per heavy atom. The van der Waals surface area contributed by atoms with E-state index in [1.807, 2.05) is 11.8 Å². The van der Waals surface area contributed by atoms with Gasteiger partial charge in [0.1, 0.15) is 0 Å². The quantitative estimate of drug-likeness (QED) is 0.872. The van der Waals surface area contributed by atoms with Crippen molar-refractivity contribution in [2.75, 3.05) is 26.2 Å². The first-order valence-electron chi connectivity index (χ1n) is 6.66. The molecule has 118 valence electrons. The van der Waals surface area contributed by atoms with Gasteiger partial charge in [-0.15, -0.1) is 12.4 Å². The summed E-state index contributed by atoms with van der Waals surface area (Å²) in [5, 5.41) is 3.23. The number of nitrogens with one attached hydrogen (secondary N) is 1. The third-order valence-corrected chi connectivity index (χ3v) is 3.78. The van der Waals surface area contributed by atoms with E-state index in [1.54, 1.807) is 12.1 Å². The third kappa shape index (κ3) is 5.13. The normalized spacial score (nSPS) is 18.0. The lowest BCUT2D eigenvalue weighted by Crippen LogP contribution is -2.52. The van der Waals surface area contributed by atoms with Crippen LogP contribution in [0.2, 0.25) is 0 Å². The second kappa shape index (κ2) is 8.56. The van der Waals surface area contributed by atoms with Gasteiger partial charge in [0, 0.05) is 30.1 Å². The van der Waals surface area contributed by atoms with Crippen molar-refractivity contribution in [1.29, 1.82) is 0 Å². The van der Waals surface area contributed by atoms with Crippen molar-refractivity contribution < 1.29 is 13.9 Å². The van der Waals surface area contributed by atoms with Crippen LogP contribution in [-0.2, 0) is 4.79 Å². The number of carbonyl (C=O) groups excluding carboxylic acids is 1. The molecule has 0 unspecified atom stereocenters. The molecule has 1 fully saturated rings. The van der Waals surface area contributed by atoms with Gasteiger partial charge in [-0.1, -0.05) is 15.9 Å². The van der Waals surface area contributed by atoms with Crippen molar-refractivity contribution >= 4 is 34.2 Å². The smallest absolute Gasteiger partial charge is 0.226 e. The van der Waals surface area contributed by atoms with Gasteiger partial charge in [-0.3, -0.25) is 4.79 Å². The molecule has 1 aliphatic rings. The van der Waals surface area contributed by atoms with Crippen LogP contribution in [0.1, 0.15) is 13.3 Å². The van der Waals surface area contributed by atoms with Crippen molar-refractivity contribution in [1.82, 2.24) is 10.2 Å². The van der Waals surface area contributed by atoms with Gasteiger partial charge in [-0.05, 0) is 25.1 Å². The van der Waals surface area contributed by atoms with Gasteiger partial charge in [0.25, 0.3) is 0 Å². The summed E-state index contributed by atoms with van der Waals surface area (Å²) in [5.41, 5.74) is 0. The molecule has 21 heavy (non-hydrogen) atoms. The van der Waals surface area contributed by atoms with Crippen LogP contribution in [0, 0.1) is 5.82 Å². The molecule has 2 rings (SSSR count). The molecular weight excluding hydrogens is 363 g/mol. The zero-order valence-corrected chi connectivity index (χ0v) is 14.2. The van der Waals surface area contributed by atoms with Crippen molar-refractivity contribution in [3.8, 4) is 5.75 Å². The maximum atomic E-state index is 13.5. The van der Waals surface area contributed by atoms with E-state index in [2.05, 4.69) is 21.2 Å². The number of ether oxygens (including phenoxy) is 1. The molecule has 0 aliphatic carbocycles. The lowest BCUT2D eigenvalue weighted by atomic mass is 10.2. The molecular formula is C14H19BrClFN2O2. The standard InChI is InChI=1S/C14H18BrFN2O2.ClH/c1-10-9-17-5-6-18(10)14(19)4-7-20-13-3-2-11(15)8-12(13)16;/h2-3,8,10,17H,4-7,9H2,1H3;1H/t10-;/m1./s1. The number of piperazine rings is 1. The highest BCUT2D eigenvalue weighted by atomic mass is 79.9. The number of hydrogen-bond acceptors (Lipinski definition) is 3. The van der Waals surface area contributed by atoms with E-state index >= 15 is 0 Å². The maximum absolute atomic E-state index is 13.5. The Kier molecular flexibility index (Phi) is 7.42. The summed E-state index contributed by atoms with van der Waals surface area (Å²) >= 11 is 3.18. The second-order valence-electron chi connectivity index (χ2n) is 4.81. The number of rotatable bonds is 4. The summed E-state index contributed by atoms with van der Waals surface area (Å²) in [7, 11) is 0. The highest BCUT2D eigenvalue weighted by Gasteiger charge is 2.22. The number of halogens is 3. The van der Waals surface area contributed by atoms with E-state index in [1.165, 1.54) is 6.07 Å². The molecule has 1 aromatic rings. The summed E-state index contributed by atoms with van der Waals surface area (Å²) in [6, 6.07) is 4.80. The predicted octanol–water partition coefficient (Wildman–Crippen LogP) is 2.60. The Balaban J connectivity index is 0.00000220. The molecule has 1 saturated heterocycles. The Labute approximate surface area is 138 Å². The molecule has 0 aromatic heterocycles. The van der Waals surface area contributed by atoms with Crippen molar-refractivity contribution in [3.05, 3.63) is 28.5 Å². The topological polar surface area (TPSA) is 41.6 Å². The Hall–Kier alpha value is -0.850. The van der Waals surface area contributed by atoms with Gasteiger partial charge < -0.3 is 15.0 Å². The maximum Gasteiger partial charge on any atom is 0.226 e. The van der Waals surface area contributed by atoms with Crippen LogP contribution in [0.4, 0.5) is 4.39 Å². The van der Waals surface area contributed by atoms with Gasteiger partial charge >= 0.3 is 0 Å². The fourth-order valence-electron chi connectivity index (χ4n) is 2.20. The first-order chi connectivity index (χ1) is 9.58. The second-order valence-corrected chi connectivity index (χ2v) is 5.73. The molecule has 0 radical (unpaired) electrons. The Morgan fingerprint density at radius 1 is 1.57 bits per heavy atom. The molecule has 4 nitrogen and oxygen atoms in total. The van der Waals surface area contributed by atoms with Gasteiger partial charge in [-0.2, -0.15) is 0 Å². The fraction of sp³-hybridized carbons (Fsp3) is 0.500. The van der Waals surface area contributed by atoms with E-state index in [0.717, 1.165) is 13.1 Å². The number of amides is 1. The van der Waals surface area contributed by atoms with Gasteiger partial charge in [0.15, 0.2) is 11.6 Å². The van der Waals surface area contributed by atoms with Crippen LogP contribution in [0.25, 0.3) is 0 Å². The van der Waals surface area contributed by atoms with E-state index < -0.39 is 5.82 Å². The lowest BCUT2D eigenvalue weighted by molar-refractivity contribution is -0.134. The molecule has 1 aromatic carbocycles. The summed E-state index contributed by atoms with van der Waals surface area (Å²) < 4.78 is 19.5. The number of carbonyl (C=O) groups is 1. The highest BCUT2D eigenvalue weighted by Crippen LogP contribution is 2.21. The molecule has 1 amide bonds. The van der Waals surface area contributed by atoms with Crippen molar-refractivity contribution in [3.63, 3.8) is 0 Å². The van der Waals surface area contributed by atoms with Crippen LogP contribution >= 0.6 is 28.3 Å². The van der Waals surface area contributed by atoms with Crippen LogP contribution in [0.3, 0.4) is 0 Å². The first-order valence-corrected chi connectivity index (χ1v) is 7.45. The molecule has 1 aliphatic heterocycles. The SMILES string of the molecule is C[C@@H]1CNCCN1C(=O)CCOc1ccc(Br)cc1F.Cl. The first kappa shape index (κ1) is 18.2. The lowest BCUT2D eigenvalue weighted by Gasteiger charge is -2.34. The molecule has 7 heteroatoms. The van der Waals surface area contributed by atoms with Crippen LogP contribution < -0.4 is 10.1 Å².